The molecule has 3 nitrogen and oxygen atoms in total. The van der Waals surface area contributed by atoms with E-state index in [0.29, 0.717) is 0 Å². The summed E-state index contributed by atoms with van der Waals surface area (Å²) in [6.45, 7) is 5.91. The van der Waals surface area contributed by atoms with Crippen LogP contribution in [0.2, 0.25) is 5.02 Å². The molecule has 0 fully saturated rings. The number of nitrogens with zero attached hydrogens (tertiary/aromatic N) is 2. The molecule has 1 aromatic carbocycles. The van der Waals surface area contributed by atoms with Crippen molar-refractivity contribution in [2.45, 2.75) is 32.9 Å². The maximum atomic E-state index is 6.39. The Morgan fingerprint density at radius 2 is 1.95 bits per heavy atom. The number of halogens is 1. The number of nitrogens with two attached hydrogens (primary N) is 1. The number of anilines is 1. The molecular formula is C17H22ClN3. The molecule has 2 N–H and O–H groups in total. The van der Waals surface area contributed by atoms with Crippen LogP contribution in [-0.2, 0) is 13.0 Å². The Kier molecular flexibility index (Phi) is 5.59. The van der Waals surface area contributed by atoms with Gasteiger partial charge in [0.05, 0.1) is 0 Å². The van der Waals surface area contributed by atoms with Gasteiger partial charge in [-0.2, -0.15) is 0 Å². The fourth-order valence-electron chi connectivity index (χ4n) is 2.34. The van der Waals surface area contributed by atoms with Gasteiger partial charge >= 0.3 is 0 Å². The SMILES string of the molecule is CCN(Cc1ccncc1)c1ccc(CC(C)N)c(Cl)c1. The van der Waals surface area contributed by atoms with Crippen LogP contribution in [0.5, 0.6) is 0 Å². The second-order valence-electron chi connectivity index (χ2n) is 5.33. The van der Waals surface area contributed by atoms with Crippen molar-refractivity contribution in [3.63, 3.8) is 0 Å². The summed E-state index contributed by atoms with van der Waals surface area (Å²) in [5.41, 5.74) is 9.32. The molecule has 0 saturated carbocycles. The molecule has 0 aliphatic carbocycles. The quantitative estimate of drug-likeness (QED) is 0.885. The highest BCUT2D eigenvalue weighted by Gasteiger charge is 2.09. The van der Waals surface area contributed by atoms with Gasteiger partial charge in [0, 0.05) is 42.2 Å². The Morgan fingerprint density at radius 1 is 1.24 bits per heavy atom. The molecule has 21 heavy (non-hydrogen) atoms. The van der Waals surface area contributed by atoms with Crippen LogP contribution in [0, 0.1) is 0 Å². The summed E-state index contributed by atoms with van der Waals surface area (Å²) in [4.78, 5) is 6.34. The summed E-state index contributed by atoms with van der Waals surface area (Å²) in [7, 11) is 0. The maximum absolute atomic E-state index is 6.39. The van der Waals surface area contributed by atoms with Gasteiger partial charge in [-0.25, -0.2) is 0 Å². The largest absolute Gasteiger partial charge is 0.367 e. The van der Waals surface area contributed by atoms with Crippen LogP contribution in [0.1, 0.15) is 25.0 Å². The average molecular weight is 304 g/mol. The fourth-order valence-corrected chi connectivity index (χ4v) is 2.59. The number of aromatic nitrogens is 1. The molecule has 112 valence electrons. The molecule has 0 saturated heterocycles. The van der Waals surface area contributed by atoms with Crippen molar-refractivity contribution >= 4 is 17.3 Å². The predicted molar refractivity (Wildman–Crippen MR) is 89.8 cm³/mol. The summed E-state index contributed by atoms with van der Waals surface area (Å²) < 4.78 is 0. The molecule has 2 aromatic rings. The molecular weight excluding hydrogens is 282 g/mol. The van der Waals surface area contributed by atoms with Gasteiger partial charge in [-0.1, -0.05) is 17.7 Å². The molecule has 2 rings (SSSR count). The smallest absolute Gasteiger partial charge is 0.0459 e. The van der Waals surface area contributed by atoms with E-state index in [0.717, 1.165) is 35.8 Å². The third-order valence-corrected chi connectivity index (χ3v) is 3.80. The van der Waals surface area contributed by atoms with Crippen molar-refractivity contribution in [3.8, 4) is 0 Å². The van der Waals surface area contributed by atoms with E-state index in [1.165, 1.54) is 5.56 Å². The fraction of sp³-hybridized carbons (Fsp3) is 0.353. The summed E-state index contributed by atoms with van der Waals surface area (Å²) >= 11 is 6.39. The average Bonchev–Trinajstić information content (AvgIpc) is 2.47. The van der Waals surface area contributed by atoms with E-state index in [2.05, 4.69) is 28.9 Å². The molecule has 0 aliphatic rings. The zero-order valence-electron chi connectivity index (χ0n) is 12.6. The minimum atomic E-state index is 0.118. The third kappa shape index (κ3) is 4.45. The second kappa shape index (κ2) is 7.43. The maximum Gasteiger partial charge on any atom is 0.0459 e. The topological polar surface area (TPSA) is 42.2 Å². The van der Waals surface area contributed by atoms with Crippen LogP contribution in [-0.4, -0.2) is 17.6 Å². The highest BCUT2D eigenvalue weighted by atomic mass is 35.5. The van der Waals surface area contributed by atoms with Crippen LogP contribution >= 0.6 is 11.6 Å². The molecule has 1 aromatic heterocycles. The van der Waals surface area contributed by atoms with Crippen molar-refractivity contribution in [2.75, 3.05) is 11.4 Å². The number of pyridine rings is 1. The number of hydrogen-bond donors (Lipinski definition) is 1. The Hall–Kier alpha value is -1.58. The van der Waals surface area contributed by atoms with Crippen LogP contribution in [0.15, 0.2) is 42.7 Å². The highest BCUT2D eigenvalue weighted by molar-refractivity contribution is 6.31. The van der Waals surface area contributed by atoms with Gasteiger partial charge < -0.3 is 10.6 Å². The van der Waals surface area contributed by atoms with E-state index >= 15 is 0 Å². The van der Waals surface area contributed by atoms with Crippen LogP contribution in [0.4, 0.5) is 5.69 Å². The van der Waals surface area contributed by atoms with Crippen molar-refractivity contribution in [3.05, 3.63) is 58.9 Å². The van der Waals surface area contributed by atoms with Gasteiger partial charge in [0.15, 0.2) is 0 Å². The molecule has 1 unspecified atom stereocenters. The van der Waals surface area contributed by atoms with E-state index in [1.807, 2.05) is 37.5 Å². The lowest BCUT2D eigenvalue weighted by Gasteiger charge is -2.24. The lowest BCUT2D eigenvalue weighted by molar-refractivity contribution is 0.738. The molecule has 0 amide bonds. The highest BCUT2D eigenvalue weighted by Crippen LogP contribution is 2.25. The van der Waals surface area contributed by atoms with Crippen LogP contribution in [0.3, 0.4) is 0 Å². The van der Waals surface area contributed by atoms with E-state index in [9.17, 15) is 0 Å². The van der Waals surface area contributed by atoms with Crippen molar-refractivity contribution in [2.24, 2.45) is 5.73 Å². The molecule has 0 bridgehead atoms. The van der Waals surface area contributed by atoms with Gasteiger partial charge in [-0.05, 0) is 55.7 Å². The first-order valence-corrected chi connectivity index (χ1v) is 7.65. The minimum Gasteiger partial charge on any atom is -0.367 e. The third-order valence-electron chi connectivity index (χ3n) is 3.45. The molecule has 0 spiro atoms. The summed E-state index contributed by atoms with van der Waals surface area (Å²) in [5.74, 6) is 0. The normalized spacial score (nSPS) is 12.2. The van der Waals surface area contributed by atoms with Crippen LogP contribution < -0.4 is 10.6 Å². The Morgan fingerprint density at radius 3 is 2.52 bits per heavy atom. The first-order chi connectivity index (χ1) is 10.1. The molecule has 1 heterocycles. The van der Waals surface area contributed by atoms with Gasteiger partial charge in [-0.3, -0.25) is 4.98 Å². The lowest BCUT2D eigenvalue weighted by Crippen LogP contribution is -2.22. The Balaban J connectivity index is 2.17. The Bertz CT molecular complexity index is 570. The molecule has 0 radical (unpaired) electrons. The second-order valence-corrected chi connectivity index (χ2v) is 5.73. The predicted octanol–water partition coefficient (Wildman–Crippen LogP) is 3.65. The summed E-state index contributed by atoms with van der Waals surface area (Å²) in [6, 6.07) is 10.4. The summed E-state index contributed by atoms with van der Waals surface area (Å²) in [6.07, 6.45) is 4.44. The van der Waals surface area contributed by atoms with E-state index in [1.54, 1.807) is 0 Å². The van der Waals surface area contributed by atoms with Crippen LogP contribution in [0.25, 0.3) is 0 Å². The lowest BCUT2D eigenvalue weighted by atomic mass is 10.1. The number of hydrogen-bond acceptors (Lipinski definition) is 3. The molecule has 4 heteroatoms. The minimum absolute atomic E-state index is 0.118. The zero-order valence-corrected chi connectivity index (χ0v) is 13.3. The molecule has 0 aliphatic heterocycles. The Labute approximate surface area is 131 Å². The monoisotopic (exact) mass is 303 g/mol. The first-order valence-electron chi connectivity index (χ1n) is 7.28. The standard InChI is InChI=1S/C17H22ClN3/c1-3-21(12-14-6-8-20-9-7-14)16-5-4-15(10-13(2)19)17(18)11-16/h4-9,11,13H,3,10,12,19H2,1-2H3. The van der Waals surface area contributed by atoms with Gasteiger partial charge in [0.1, 0.15) is 0 Å². The summed E-state index contributed by atoms with van der Waals surface area (Å²) in [5, 5.41) is 0.790. The van der Waals surface area contributed by atoms with Gasteiger partial charge in [0.25, 0.3) is 0 Å². The van der Waals surface area contributed by atoms with E-state index < -0.39 is 0 Å². The van der Waals surface area contributed by atoms with Gasteiger partial charge in [-0.15, -0.1) is 0 Å². The van der Waals surface area contributed by atoms with Crippen molar-refractivity contribution in [1.29, 1.82) is 0 Å². The zero-order chi connectivity index (χ0) is 15.2. The van der Waals surface area contributed by atoms with Crippen molar-refractivity contribution < 1.29 is 0 Å². The van der Waals surface area contributed by atoms with E-state index in [-0.39, 0.29) is 6.04 Å². The van der Waals surface area contributed by atoms with E-state index in [4.69, 9.17) is 17.3 Å². The number of rotatable bonds is 6. The van der Waals surface area contributed by atoms with Gasteiger partial charge in [0.2, 0.25) is 0 Å². The number of benzene rings is 1. The molecule has 1 atom stereocenters. The first kappa shape index (κ1) is 15.8. The van der Waals surface area contributed by atoms with Crippen molar-refractivity contribution in [1.82, 2.24) is 4.98 Å².